The molecule has 0 radical (unpaired) electrons. The van der Waals surface area contributed by atoms with E-state index in [0.29, 0.717) is 11.3 Å². The third kappa shape index (κ3) is 4.71. The number of hydrogen-bond acceptors (Lipinski definition) is 4. The molecule has 0 unspecified atom stereocenters. The van der Waals surface area contributed by atoms with Crippen LogP contribution in [-0.4, -0.2) is 46.6 Å². The van der Waals surface area contributed by atoms with Crippen molar-refractivity contribution < 1.29 is 9.53 Å². The molecule has 1 amide bonds. The van der Waals surface area contributed by atoms with E-state index < -0.39 is 0 Å². The van der Waals surface area contributed by atoms with Crippen molar-refractivity contribution in [1.82, 2.24) is 19.8 Å². The largest absolute Gasteiger partial charge is 0.495 e. The van der Waals surface area contributed by atoms with E-state index in [-0.39, 0.29) is 11.9 Å². The third-order valence-electron chi connectivity index (χ3n) is 5.60. The minimum Gasteiger partial charge on any atom is -0.495 e. The number of benzene rings is 2. The van der Waals surface area contributed by atoms with Gasteiger partial charge < -0.3 is 14.6 Å². The zero-order valence-corrected chi connectivity index (χ0v) is 17.5. The molecule has 0 bridgehead atoms. The number of nitrogens with one attached hydrogen (secondary N) is 1. The third-order valence-corrected chi connectivity index (χ3v) is 5.60. The fourth-order valence-electron chi connectivity index (χ4n) is 3.93. The predicted molar refractivity (Wildman–Crippen MR) is 117 cm³/mol. The van der Waals surface area contributed by atoms with Gasteiger partial charge in [0, 0.05) is 37.4 Å². The summed E-state index contributed by atoms with van der Waals surface area (Å²) >= 11 is 0. The molecule has 1 aliphatic rings. The van der Waals surface area contributed by atoms with Gasteiger partial charge in [-0.2, -0.15) is 0 Å². The number of likely N-dealkylation sites (tertiary alicyclic amines) is 1. The minimum absolute atomic E-state index is 0.0526. The molecule has 6 heteroatoms. The van der Waals surface area contributed by atoms with Crippen LogP contribution in [0.4, 0.5) is 0 Å². The Bertz CT molecular complexity index is 991. The Kier molecular flexibility index (Phi) is 6.14. The second-order valence-corrected chi connectivity index (χ2v) is 7.82. The molecular weight excluding hydrogens is 376 g/mol. The van der Waals surface area contributed by atoms with Crippen LogP contribution in [-0.2, 0) is 6.54 Å². The number of piperidine rings is 1. The van der Waals surface area contributed by atoms with Gasteiger partial charge in [0.05, 0.1) is 24.8 Å². The summed E-state index contributed by atoms with van der Waals surface area (Å²) in [4.78, 5) is 19.5. The molecule has 0 spiro atoms. The number of amides is 1. The highest BCUT2D eigenvalue weighted by Gasteiger charge is 2.22. The molecule has 6 nitrogen and oxygen atoms in total. The van der Waals surface area contributed by atoms with Gasteiger partial charge in [-0.1, -0.05) is 30.3 Å². The van der Waals surface area contributed by atoms with Crippen LogP contribution < -0.4 is 10.1 Å². The zero-order valence-electron chi connectivity index (χ0n) is 17.5. The normalized spacial score (nSPS) is 15.1. The Labute approximate surface area is 177 Å². The Morgan fingerprint density at radius 3 is 2.60 bits per heavy atom. The Morgan fingerprint density at radius 1 is 1.17 bits per heavy atom. The van der Waals surface area contributed by atoms with Gasteiger partial charge >= 0.3 is 0 Å². The number of methoxy groups -OCH3 is 1. The van der Waals surface area contributed by atoms with E-state index in [9.17, 15) is 4.79 Å². The summed E-state index contributed by atoms with van der Waals surface area (Å²) in [6, 6.07) is 16.3. The molecule has 1 saturated heterocycles. The van der Waals surface area contributed by atoms with Crippen LogP contribution >= 0.6 is 0 Å². The number of aromatic nitrogens is 2. The molecule has 1 fully saturated rings. The molecule has 0 atom stereocenters. The first-order valence-corrected chi connectivity index (χ1v) is 10.4. The van der Waals surface area contributed by atoms with Crippen molar-refractivity contribution in [3.8, 4) is 11.4 Å². The Hall–Kier alpha value is -3.12. The lowest BCUT2D eigenvalue weighted by atomic mass is 10.0. The van der Waals surface area contributed by atoms with E-state index >= 15 is 0 Å². The van der Waals surface area contributed by atoms with Gasteiger partial charge in [0.15, 0.2) is 0 Å². The molecule has 156 valence electrons. The van der Waals surface area contributed by atoms with Crippen molar-refractivity contribution in [3.05, 3.63) is 77.9 Å². The maximum absolute atomic E-state index is 12.8. The molecule has 0 saturated carbocycles. The lowest BCUT2D eigenvalue weighted by Crippen LogP contribution is -2.44. The summed E-state index contributed by atoms with van der Waals surface area (Å²) < 4.78 is 7.43. The highest BCUT2D eigenvalue weighted by molar-refractivity contribution is 5.95. The lowest BCUT2D eigenvalue weighted by molar-refractivity contribution is 0.0908. The number of carbonyl (C=O) groups is 1. The predicted octanol–water partition coefficient (Wildman–Crippen LogP) is 3.58. The van der Waals surface area contributed by atoms with Crippen molar-refractivity contribution in [2.24, 2.45) is 0 Å². The van der Waals surface area contributed by atoms with E-state index in [1.165, 1.54) is 5.56 Å². The van der Waals surface area contributed by atoms with E-state index in [1.54, 1.807) is 19.5 Å². The molecule has 0 aliphatic carbocycles. The van der Waals surface area contributed by atoms with Crippen LogP contribution in [0, 0.1) is 6.92 Å². The van der Waals surface area contributed by atoms with E-state index in [0.717, 1.165) is 43.9 Å². The summed E-state index contributed by atoms with van der Waals surface area (Å²) in [5.74, 6) is 0.598. The van der Waals surface area contributed by atoms with Crippen molar-refractivity contribution in [3.63, 3.8) is 0 Å². The van der Waals surface area contributed by atoms with Crippen molar-refractivity contribution in [2.75, 3.05) is 20.2 Å². The summed E-state index contributed by atoms with van der Waals surface area (Å²) in [6.07, 6.45) is 5.60. The van der Waals surface area contributed by atoms with Crippen LogP contribution in [0.1, 0.15) is 34.5 Å². The molecule has 4 rings (SSSR count). The van der Waals surface area contributed by atoms with Gasteiger partial charge in [0.2, 0.25) is 0 Å². The minimum atomic E-state index is -0.0526. The number of imidazole rings is 1. The SMILES string of the molecule is COc1cc(C(=O)NC2CCN(Cc3ccccc3)CC2)ccc1-n1cnc(C)c1. The molecule has 30 heavy (non-hydrogen) atoms. The van der Waals surface area contributed by atoms with Gasteiger partial charge in [0.25, 0.3) is 5.91 Å². The van der Waals surface area contributed by atoms with Crippen LogP contribution in [0.3, 0.4) is 0 Å². The van der Waals surface area contributed by atoms with Gasteiger partial charge in [-0.15, -0.1) is 0 Å². The van der Waals surface area contributed by atoms with E-state index in [4.69, 9.17) is 4.74 Å². The maximum Gasteiger partial charge on any atom is 0.251 e. The highest BCUT2D eigenvalue weighted by atomic mass is 16.5. The quantitative estimate of drug-likeness (QED) is 0.682. The molecule has 2 heterocycles. The van der Waals surface area contributed by atoms with E-state index in [2.05, 4.69) is 39.5 Å². The van der Waals surface area contributed by atoms with Gasteiger partial charge in [-0.25, -0.2) is 4.98 Å². The monoisotopic (exact) mass is 404 g/mol. The van der Waals surface area contributed by atoms with Crippen molar-refractivity contribution in [2.45, 2.75) is 32.4 Å². The molecule has 1 aromatic heterocycles. The Morgan fingerprint density at radius 2 is 1.93 bits per heavy atom. The van der Waals surface area contributed by atoms with Crippen molar-refractivity contribution >= 4 is 5.91 Å². The summed E-state index contributed by atoms with van der Waals surface area (Å²) in [6.45, 7) is 4.88. The second kappa shape index (κ2) is 9.13. The topological polar surface area (TPSA) is 59.4 Å². The van der Waals surface area contributed by atoms with Crippen LogP contribution in [0.2, 0.25) is 0 Å². The average Bonchev–Trinajstić information content (AvgIpc) is 3.21. The zero-order chi connectivity index (χ0) is 20.9. The first kappa shape index (κ1) is 20.2. The fourth-order valence-corrected chi connectivity index (χ4v) is 3.93. The second-order valence-electron chi connectivity index (χ2n) is 7.82. The first-order chi connectivity index (χ1) is 14.6. The molecule has 2 aromatic carbocycles. The fraction of sp³-hybridized carbons (Fsp3) is 0.333. The molecule has 1 aliphatic heterocycles. The number of rotatable bonds is 6. The van der Waals surface area contributed by atoms with Crippen LogP contribution in [0.25, 0.3) is 5.69 Å². The number of hydrogen-bond donors (Lipinski definition) is 1. The number of ether oxygens (including phenoxy) is 1. The summed E-state index contributed by atoms with van der Waals surface area (Å²) in [5, 5.41) is 3.19. The summed E-state index contributed by atoms with van der Waals surface area (Å²) in [5.41, 5.74) is 3.74. The number of nitrogens with zero attached hydrogens (tertiary/aromatic N) is 3. The number of carbonyl (C=O) groups excluding carboxylic acids is 1. The number of aryl methyl sites for hydroxylation is 1. The standard InChI is InChI=1S/C24H28N4O2/c1-18-15-28(17-25-18)22-9-8-20(14-23(22)30-2)24(29)26-21-10-12-27(13-11-21)16-19-6-4-3-5-7-19/h3-9,14-15,17,21H,10-13,16H2,1-2H3,(H,26,29). The van der Waals surface area contributed by atoms with Crippen molar-refractivity contribution in [1.29, 1.82) is 0 Å². The first-order valence-electron chi connectivity index (χ1n) is 10.4. The molecule has 3 aromatic rings. The smallest absolute Gasteiger partial charge is 0.251 e. The lowest BCUT2D eigenvalue weighted by Gasteiger charge is -2.32. The van der Waals surface area contributed by atoms with Crippen LogP contribution in [0.5, 0.6) is 5.75 Å². The maximum atomic E-state index is 12.8. The average molecular weight is 405 g/mol. The van der Waals surface area contributed by atoms with Crippen LogP contribution in [0.15, 0.2) is 61.1 Å². The van der Waals surface area contributed by atoms with E-state index in [1.807, 2.05) is 35.9 Å². The molecule has 1 N–H and O–H groups in total. The molecular formula is C24H28N4O2. The Balaban J connectivity index is 1.35. The summed E-state index contributed by atoms with van der Waals surface area (Å²) in [7, 11) is 1.62. The highest BCUT2D eigenvalue weighted by Crippen LogP contribution is 2.25. The van der Waals surface area contributed by atoms with Gasteiger partial charge in [0.1, 0.15) is 5.75 Å². The van der Waals surface area contributed by atoms with Gasteiger partial charge in [-0.05, 0) is 43.5 Å². The van der Waals surface area contributed by atoms with Gasteiger partial charge in [-0.3, -0.25) is 9.69 Å².